The number of methoxy groups -OCH3 is 1. The Balaban J connectivity index is 2.12. The molecule has 5 nitrogen and oxygen atoms in total. The topological polar surface area (TPSA) is 57.2 Å². The van der Waals surface area contributed by atoms with Crippen molar-refractivity contribution in [3.63, 3.8) is 0 Å². The van der Waals surface area contributed by atoms with Crippen LogP contribution in [0, 0.1) is 0 Å². The molecule has 0 aromatic heterocycles. The molecule has 2 aliphatic rings. The molecular formula is C11H18O5. The zero-order chi connectivity index (χ0) is 11.9. The molecule has 0 aliphatic carbocycles. The van der Waals surface area contributed by atoms with E-state index < -0.39 is 12.1 Å². The summed E-state index contributed by atoms with van der Waals surface area (Å²) < 4.78 is 22.3. The zero-order valence-corrected chi connectivity index (χ0v) is 9.80. The summed E-state index contributed by atoms with van der Waals surface area (Å²) in [6, 6.07) is 0. The Morgan fingerprint density at radius 3 is 2.69 bits per heavy atom. The molecule has 2 heterocycles. The Labute approximate surface area is 94.9 Å². The van der Waals surface area contributed by atoms with Crippen molar-refractivity contribution in [1.82, 2.24) is 0 Å². The van der Waals surface area contributed by atoms with Crippen LogP contribution < -0.4 is 0 Å². The molecule has 4 atom stereocenters. The second-order valence-corrected chi connectivity index (χ2v) is 4.54. The van der Waals surface area contributed by atoms with E-state index in [-0.39, 0.29) is 24.9 Å². The number of aliphatic hydroxyl groups excluding tert-OH is 1. The van der Waals surface area contributed by atoms with Crippen molar-refractivity contribution in [1.29, 1.82) is 0 Å². The first-order valence-electron chi connectivity index (χ1n) is 5.31. The van der Waals surface area contributed by atoms with Crippen molar-refractivity contribution in [2.45, 2.75) is 44.2 Å². The predicted molar refractivity (Wildman–Crippen MR) is 55.7 cm³/mol. The van der Waals surface area contributed by atoms with Gasteiger partial charge in [-0.25, -0.2) is 0 Å². The molecule has 0 unspecified atom stereocenters. The van der Waals surface area contributed by atoms with Gasteiger partial charge in [-0.05, 0) is 19.4 Å². The van der Waals surface area contributed by atoms with Crippen LogP contribution in [0.15, 0.2) is 12.2 Å². The quantitative estimate of drug-likeness (QED) is 0.712. The summed E-state index contributed by atoms with van der Waals surface area (Å²) >= 11 is 0. The van der Waals surface area contributed by atoms with Crippen LogP contribution in [0.1, 0.15) is 13.8 Å². The van der Waals surface area contributed by atoms with Gasteiger partial charge in [-0.1, -0.05) is 6.58 Å². The fraction of sp³-hybridized carbons (Fsp3) is 0.818. The zero-order valence-electron chi connectivity index (χ0n) is 9.80. The number of hydrogen-bond donors (Lipinski definition) is 1. The largest absolute Gasteiger partial charge is 0.392 e. The molecule has 1 N–H and O–H groups in total. The molecule has 0 amide bonds. The first-order valence-corrected chi connectivity index (χ1v) is 5.31. The lowest BCUT2D eigenvalue weighted by Crippen LogP contribution is -2.37. The van der Waals surface area contributed by atoms with Gasteiger partial charge in [0.1, 0.15) is 18.3 Å². The molecule has 0 saturated carbocycles. The molecular weight excluding hydrogens is 212 g/mol. The molecule has 2 aliphatic heterocycles. The monoisotopic (exact) mass is 230 g/mol. The third-order valence-electron chi connectivity index (χ3n) is 2.87. The van der Waals surface area contributed by atoms with E-state index in [2.05, 4.69) is 6.58 Å². The molecule has 2 rings (SSSR count). The summed E-state index contributed by atoms with van der Waals surface area (Å²) in [4.78, 5) is 0. The molecule has 2 fully saturated rings. The normalized spacial score (nSPS) is 41.0. The van der Waals surface area contributed by atoms with Gasteiger partial charge in [0.2, 0.25) is 0 Å². The van der Waals surface area contributed by atoms with Gasteiger partial charge < -0.3 is 24.1 Å². The first-order chi connectivity index (χ1) is 7.48. The second-order valence-electron chi connectivity index (χ2n) is 4.54. The highest BCUT2D eigenvalue weighted by Gasteiger charge is 2.55. The van der Waals surface area contributed by atoms with E-state index in [1.165, 1.54) is 0 Å². The highest BCUT2D eigenvalue weighted by molar-refractivity contribution is 5.12. The van der Waals surface area contributed by atoms with Crippen molar-refractivity contribution < 1.29 is 24.1 Å². The average molecular weight is 230 g/mol. The van der Waals surface area contributed by atoms with Crippen molar-refractivity contribution >= 4 is 0 Å². The highest BCUT2D eigenvalue weighted by Crippen LogP contribution is 2.39. The van der Waals surface area contributed by atoms with E-state index in [4.69, 9.17) is 24.1 Å². The summed E-state index contributed by atoms with van der Waals surface area (Å²) in [6.07, 6.45) is -1.38. The van der Waals surface area contributed by atoms with Gasteiger partial charge in [0.15, 0.2) is 12.1 Å². The SMILES string of the molecule is C=C(CO)[C@H]1O[C@@H]2OC(C)(C)O[C@@H]2[C@H]1OC. The standard InChI is InChI=1S/C11H18O5/c1-6(5-12)7-8(13-4)9-10(14-7)16-11(2,3)15-9/h7-10,12H,1,5H2,2-4H3/t7-,8+,9-,10-/m1/s1. The molecule has 2 saturated heterocycles. The maximum absolute atomic E-state index is 9.06. The minimum Gasteiger partial charge on any atom is -0.392 e. The van der Waals surface area contributed by atoms with E-state index >= 15 is 0 Å². The maximum Gasteiger partial charge on any atom is 0.190 e. The number of hydrogen-bond acceptors (Lipinski definition) is 5. The van der Waals surface area contributed by atoms with E-state index in [1.807, 2.05) is 13.8 Å². The Hall–Kier alpha value is -0.460. The highest BCUT2D eigenvalue weighted by atomic mass is 16.8. The third-order valence-corrected chi connectivity index (χ3v) is 2.87. The molecule has 0 aromatic rings. The van der Waals surface area contributed by atoms with Crippen LogP contribution in [0.25, 0.3) is 0 Å². The fourth-order valence-corrected chi connectivity index (χ4v) is 2.16. The number of rotatable bonds is 3. The summed E-state index contributed by atoms with van der Waals surface area (Å²) in [6.45, 7) is 7.28. The summed E-state index contributed by atoms with van der Waals surface area (Å²) in [7, 11) is 1.59. The molecule has 0 spiro atoms. The molecule has 92 valence electrons. The van der Waals surface area contributed by atoms with Crippen molar-refractivity contribution in [3.05, 3.63) is 12.2 Å². The van der Waals surface area contributed by atoms with Gasteiger partial charge in [-0.15, -0.1) is 0 Å². The number of ether oxygens (including phenoxy) is 4. The summed E-state index contributed by atoms with van der Waals surface area (Å²) in [5, 5.41) is 9.06. The Morgan fingerprint density at radius 2 is 2.12 bits per heavy atom. The van der Waals surface area contributed by atoms with Gasteiger partial charge in [0, 0.05) is 7.11 Å². The van der Waals surface area contributed by atoms with Gasteiger partial charge in [0.25, 0.3) is 0 Å². The molecule has 16 heavy (non-hydrogen) atoms. The minimum absolute atomic E-state index is 0.132. The Bertz CT molecular complexity index is 288. The summed E-state index contributed by atoms with van der Waals surface area (Å²) in [5.41, 5.74) is 0.575. The van der Waals surface area contributed by atoms with Gasteiger partial charge in [0.05, 0.1) is 6.61 Å². The molecule has 5 heteroatoms. The lowest BCUT2D eigenvalue weighted by atomic mass is 10.0. The Kier molecular flexibility index (Phi) is 3.07. The minimum atomic E-state index is -0.655. The van der Waals surface area contributed by atoms with E-state index in [0.717, 1.165) is 0 Å². The van der Waals surface area contributed by atoms with Gasteiger partial charge >= 0.3 is 0 Å². The third kappa shape index (κ3) is 1.89. The molecule has 0 bridgehead atoms. The lowest BCUT2D eigenvalue weighted by Gasteiger charge is -2.25. The average Bonchev–Trinajstić information content (AvgIpc) is 2.68. The number of aliphatic hydroxyl groups is 1. The molecule has 0 aromatic carbocycles. The lowest BCUT2D eigenvalue weighted by molar-refractivity contribution is -0.212. The molecule has 0 radical (unpaired) electrons. The van der Waals surface area contributed by atoms with Crippen LogP contribution in [-0.2, 0) is 18.9 Å². The van der Waals surface area contributed by atoms with Crippen LogP contribution in [0.3, 0.4) is 0 Å². The second kappa shape index (κ2) is 4.09. The van der Waals surface area contributed by atoms with Crippen molar-refractivity contribution in [2.75, 3.05) is 13.7 Å². The number of fused-ring (bicyclic) bond motifs is 1. The van der Waals surface area contributed by atoms with Crippen LogP contribution >= 0.6 is 0 Å². The van der Waals surface area contributed by atoms with Gasteiger partial charge in [-0.2, -0.15) is 0 Å². The predicted octanol–water partition coefficient (Wildman–Crippen LogP) is 0.426. The van der Waals surface area contributed by atoms with Crippen molar-refractivity contribution in [3.8, 4) is 0 Å². The van der Waals surface area contributed by atoms with Crippen LogP contribution in [0.2, 0.25) is 0 Å². The van der Waals surface area contributed by atoms with E-state index in [0.29, 0.717) is 5.57 Å². The summed E-state index contributed by atoms with van der Waals surface area (Å²) in [5.74, 6) is -0.655. The Morgan fingerprint density at radius 1 is 1.44 bits per heavy atom. The van der Waals surface area contributed by atoms with Gasteiger partial charge in [-0.3, -0.25) is 0 Å². The van der Waals surface area contributed by atoms with Crippen LogP contribution in [0.5, 0.6) is 0 Å². The first kappa shape index (κ1) is 12.0. The van der Waals surface area contributed by atoms with Crippen molar-refractivity contribution in [2.24, 2.45) is 0 Å². The smallest absolute Gasteiger partial charge is 0.190 e. The van der Waals surface area contributed by atoms with Crippen LogP contribution in [0.4, 0.5) is 0 Å². The fourth-order valence-electron chi connectivity index (χ4n) is 2.16. The van der Waals surface area contributed by atoms with E-state index in [9.17, 15) is 0 Å². The maximum atomic E-state index is 9.06. The van der Waals surface area contributed by atoms with E-state index in [1.54, 1.807) is 7.11 Å². The van der Waals surface area contributed by atoms with Crippen LogP contribution in [-0.4, -0.2) is 49.2 Å².